The largest absolute Gasteiger partial charge is 0.397 e. The molecule has 9 aromatic rings. The first-order valence-corrected chi connectivity index (χ1v) is 29.7. The summed E-state index contributed by atoms with van der Waals surface area (Å²) in [5.74, 6) is 1.19. The van der Waals surface area contributed by atoms with Crippen LogP contribution in [0.3, 0.4) is 0 Å². The molecule has 3 atom stereocenters. The summed E-state index contributed by atoms with van der Waals surface area (Å²) in [4.78, 5) is 83.1. The summed E-state index contributed by atoms with van der Waals surface area (Å²) in [7, 11) is 0. The first-order valence-electron chi connectivity index (χ1n) is 29.7. The molecular formula is C68H69F4N15O3. The number of benzene rings is 3. The Balaban J connectivity index is 0.000000148. The molecule has 3 amide bonds. The molecule has 6 aromatic heterocycles. The maximum absolute atomic E-state index is 13.4. The number of hydrogen-bond donors (Lipinski definition) is 3. The Bertz CT molecular complexity index is 4070. The number of carbonyl (C=O) groups is 3. The van der Waals surface area contributed by atoms with Gasteiger partial charge in [0.25, 0.3) is 0 Å². The molecule has 18 nitrogen and oxygen atoms in total. The van der Waals surface area contributed by atoms with Gasteiger partial charge in [0.15, 0.2) is 5.82 Å². The zero-order valence-corrected chi connectivity index (χ0v) is 50.5. The van der Waals surface area contributed by atoms with Gasteiger partial charge in [-0.25, -0.2) is 47.5 Å². The van der Waals surface area contributed by atoms with Crippen LogP contribution in [0, 0.1) is 56.9 Å². The number of amides is 3. The molecule has 3 aliphatic rings. The number of anilines is 3. The first kappa shape index (κ1) is 62.9. The fraction of sp³-hybridized carbons (Fsp3) is 0.294. The van der Waals surface area contributed by atoms with Gasteiger partial charge in [0.2, 0.25) is 17.7 Å². The number of halogens is 4. The minimum atomic E-state index is -0.484. The van der Waals surface area contributed by atoms with Crippen LogP contribution in [0.15, 0.2) is 134 Å². The maximum atomic E-state index is 13.4. The van der Waals surface area contributed by atoms with Crippen molar-refractivity contribution in [2.45, 2.75) is 84.5 Å². The molecule has 462 valence electrons. The van der Waals surface area contributed by atoms with Crippen molar-refractivity contribution in [1.29, 1.82) is 0 Å². The number of likely N-dealkylation sites (tertiary alicyclic amines) is 3. The smallest absolute Gasteiger partial charge is 0.228 e. The van der Waals surface area contributed by atoms with Gasteiger partial charge < -0.3 is 31.9 Å². The zero-order valence-electron chi connectivity index (χ0n) is 50.5. The highest BCUT2D eigenvalue weighted by molar-refractivity contribution is 5.82. The van der Waals surface area contributed by atoms with E-state index in [-0.39, 0.29) is 66.3 Å². The molecule has 3 aliphatic heterocycles. The van der Waals surface area contributed by atoms with Crippen molar-refractivity contribution < 1.29 is 31.9 Å². The fourth-order valence-electron chi connectivity index (χ4n) is 11.5. The van der Waals surface area contributed by atoms with Gasteiger partial charge in [0.05, 0.1) is 82.9 Å². The molecule has 2 unspecified atom stereocenters. The zero-order chi connectivity index (χ0) is 63.6. The van der Waals surface area contributed by atoms with Crippen LogP contribution in [0.25, 0.3) is 33.8 Å². The van der Waals surface area contributed by atoms with E-state index in [1.165, 1.54) is 36.4 Å². The summed E-state index contributed by atoms with van der Waals surface area (Å²) >= 11 is 0. The lowest BCUT2D eigenvalue weighted by atomic mass is 10.0. The third-order valence-corrected chi connectivity index (χ3v) is 16.4. The quantitative estimate of drug-likeness (QED) is 0.0908. The third kappa shape index (κ3) is 15.8. The second kappa shape index (κ2) is 28.4. The molecule has 9 heterocycles. The molecule has 22 heteroatoms. The lowest BCUT2D eigenvalue weighted by Crippen LogP contribution is -2.31. The van der Waals surface area contributed by atoms with Crippen molar-refractivity contribution in [3.8, 4) is 33.8 Å². The maximum Gasteiger partial charge on any atom is 0.228 e. The van der Waals surface area contributed by atoms with Crippen LogP contribution in [0.5, 0.6) is 0 Å². The topological polar surface area (TPSA) is 255 Å². The summed E-state index contributed by atoms with van der Waals surface area (Å²) < 4.78 is 53.3. The number of nitrogens with two attached hydrogens (primary N) is 3. The second-order valence-electron chi connectivity index (χ2n) is 22.9. The molecule has 3 aromatic carbocycles. The van der Waals surface area contributed by atoms with E-state index in [1.807, 2.05) is 43.6 Å². The summed E-state index contributed by atoms with van der Waals surface area (Å²) in [6.45, 7) is 11.1. The fourth-order valence-corrected chi connectivity index (χ4v) is 11.5. The van der Waals surface area contributed by atoms with E-state index in [2.05, 4.69) is 44.9 Å². The van der Waals surface area contributed by atoms with Crippen LogP contribution in [0.4, 0.5) is 34.6 Å². The molecule has 3 saturated heterocycles. The average Bonchev–Trinajstić information content (AvgIpc) is 2.19. The van der Waals surface area contributed by atoms with E-state index in [0.29, 0.717) is 102 Å². The molecule has 6 N–H and O–H groups in total. The molecular weight excluding hydrogens is 1150 g/mol. The molecule has 0 aliphatic carbocycles. The Morgan fingerprint density at radius 2 is 0.889 bits per heavy atom. The number of nitrogens with zero attached hydrogens (tertiary/aromatic N) is 12. The van der Waals surface area contributed by atoms with E-state index in [0.717, 1.165) is 88.8 Å². The highest BCUT2D eigenvalue weighted by Crippen LogP contribution is 2.32. The van der Waals surface area contributed by atoms with Gasteiger partial charge in [-0.2, -0.15) is 0 Å². The molecule has 90 heavy (non-hydrogen) atoms. The second-order valence-corrected chi connectivity index (χ2v) is 22.9. The van der Waals surface area contributed by atoms with Crippen molar-refractivity contribution in [3.05, 3.63) is 214 Å². The van der Waals surface area contributed by atoms with Crippen LogP contribution < -0.4 is 17.2 Å². The van der Waals surface area contributed by atoms with Gasteiger partial charge in [-0.3, -0.25) is 29.3 Å². The SMILES string of the molecule is Cc1cc(F)ccc1-c1ccc(N)c(CC(=O)N2CCC(c3ncc(F)cn3)C2)n1.Cc1cc(F)ccc1-c1ccc(N)c(CC(=O)N2CC[C@H](Cc3ncccn3)C2)n1.Cc1nccc(C2CCN(C(=O)Cc3nc(-c4ccc(F)cc4C)ccc3N)C2)n1. The van der Waals surface area contributed by atoms with Gasteiger partial charge >= 0.3 is 0 Å². The van der Waals surface area contributed by atoms with Gasteiger partial charge in [-0.15, -0.1) is 0 Å². The monoisotopic (exact) mass is 1220 g/mol. The molecule has 12 rings (SSSR count). The summed E-state index contributed by atoms with van der Waals surface area (Å²) in [5, 5.41) is 0. The lowest BCUT2D eigenvalue weighted by molar-refractivity contribution is -0.130. The number of aromatic nitrogens is 9. The van der Waals surface area contributed by atoms with Gasteiger partial charge in [0, 0.05) is 98.5 Å². The highest BCUT2D eigenvalue weighted by Gasteiger charge is 2.32. The number of rotatable bonds is 13. The molecule has 3 fully saturated rings. The first-order chi connectivity index (χ1) is 43.3. The Hall–Kier alpha value is -10.1. The van der Waals surface area contributed by atoms with Crippen molar-refractivity contribution in [1.82, 2.24) is 59.6 Å². The number of pyridine rings is 3. The number of carbonyl (C=O) groups excluding carboxylic acids is 3. The van der Waals surface area contributed by atoms with E-state index in [9.17, 15) is 31.9 Å². The van der Waals surface area contributed by atoms with Crippen molar-refractivity contribution >= 4 is 34.8 Å². The van der Waals surface area contributed by atoms with E-state index in [4.69, 9.17) is 17.2 Å². The summed E-state index contributed by atoms with van der Waals surface area (Å²) in [6.07, 6.45) is 11.2. The van der Waals surface area contributed by atoms with Crippen molar-refractivity contribution in [3.63, 3.8) is 0 Å². The Kier molecular flexibility index (Phi) is 19.8. The van der Waals surface area contributed by atoms with Crippen LogP contribution in [-0.2, 0) is 40.1 Å². The number of aryl methyl sites for hydroxylation is 4. The van der Waals surface area contributed by atoms with Gasteiger partial charge in [-0.1, -0.05) is 0 Å². The molecule has 0 radical (unpaired) electrons. The third-order valence-electron chi connectivity index (χ3n) is 16.4. The minimum Gasteiger partial charge on any atom is -0.397 e. The minimum absolute atomic E-state index is 0.00421. The predicted octanol–water partition coefficient (Wildman–Crippen LogP) is 9.90. The van der Waals surface area contributed by atoms with Gasteiger partial charge in [-0.05, 0) is 173 Å². The number of hydrogen-bond acceptors (Lipinski definition) is 15. The summed E-state index contributed by atoms with van der Waals surface area (Å²) in [6, 6.07) is 28.0. The Morgan fingerprint density at radius 1 is 0.467 bits per heavy atom. The molecule has 0 bridgehead atoms. The van der Waals surface area contributed by atoms with E-state index >= 15 is 0 Å². The Labute approximate surface area is 519 Å². The predicted molar refractivity (Wildman–Crippen MR) is 335 cm³/mol. The van der Waals surface area contributed by atoms with Crippen LogP contribution in [0.2, 0.25) is 0 Å². The Morgan fingerprint density at radius 3 is 1.33 bits per heavy atom. The van der Waals surface area contributed by atoms with E-state index < -0.39 is 5.82 Å². The lowest BCUT2D eigenvalue weighted by Gasteiger charge is -2.17. The number of nitrogen functional groups attached to an aromatic ring is 3. The average molecular weight is 1220 g/mol. The van der Waals surface area contributed by atoms with Crippen LogP contribution in [0.1, 0.15) is 88.0 Å². The van der Waals surface area contributed by atoms with E-state index in [1.54, 1.807) is 84.2 Å². The van der Waals surface area contributed by atoms with Gasteiger partial charge in [0.1, 0.15) is 34.9 Å². The molecule has 0 spiro atoms. The highest BCUT2D eigenvalue weighted by atomic mass is 19.1. The summed E-state index contributed by atoms with van der Waals surface area (Å²) in [5.41, 5.74) is 29.0. The van der Waals surface area contributed by atoms with Crippen LogP contribution in [-0.4, -0.2) is 117 Å². The standard InChI is InChI=1S/2C23H24FN5O.C22H21F2N5O/c1-14-11-17(24)3-4-18(14)21-6-5-19(25)22(28-21)12-23(30)29-10-8-16(13-29)20-7-9-26-15(2)27-20;1-15-11-17(24)3-4-18(15)20-6-5-19(25)21(28-20)13-23(30)29-10-7-16(14-29)12-22-26-8-2-9-27-22;1-13-8-15(23)2-3-17(13)19-5-4-18(25)20(28-19)9-21(30)29-7-6-14(12-29)22-26-10-16(24)11-27-22/h3-7,9,11,16H,8,10,12-13,25H2,1-2H3;2-6,8-9,11,16H,7,10,12-14,25H2,1H3;2-5,8,10-11,14H,6-7,9,12,25H2,1H3/t;16-;/m.1./s1. The van der Waals surface area contributed by atoms with Crippen molar-refractivity contribution in [2.75, 3.05) is 56.5 Å². The van der Waals surface area contributed by atoms with Crippen molar-refractivity contribution in [2.24, 2.45) is 5.92 Å². The van der Waals surface area contributed by atoms with Crippen LogP contribution >= 0.6 is 0 Å². The normalized spacial score (nSPS) is 16.1. The molecule has 0 saturated carbocycles.